The summed E-state index contributed by atoms with van der Waals surface area (Å²) in [5.41, 5.74) is 3.47. The van der Waals surface area contributed by atoms with Gasteiger partial charge in [0.2, 0.25) is 0 Å². The van der Waals surface area contributed by atoms with Gasteiger partial charge < -0.3 is 15.4 Å². The fourth-order valence-corrected chi connectivity index (χ4v) is 2.95. The van der Waals surface area contributed by atoms with E-state index in [1.165, 1.54) is 12.3 Å². The quantitative estimate of drug-likeness (QED) is 0.266. The van der Waals surface area contributed by atoms with Crippen molar-refractivity contribution < 1.29 is 19.1 Å². The van der Waals surface area contributed by atoms with Crippen molar-refractivity contribution in [1.82, 2.24) is 5.43 Å². The molecule has 0 aliphatic carbocycles. The fourth-order valence-electron chi connectivity index (χ4n) is 2.58. The number of hydrazone groups is 1. The molecule has 33 heavy (non-hydrogen) atoms. The number of benzene rings is 3. The van der Waals surface area contributed by atoms with Gasteiger partial charge in [0, 0.05) is 16.3 Å². The van der Waals surface area contributed by atoms with E-state index >= 15 is 0 Å². The summed E-state index contributed by atoms with van der Waals surface area (Å²) in [6.45, 7) is -0.273. The van der Waals surface area contributed by atoms with Gasteiger partial charge in [-0.3, -0.25) is 14.4 Å². The number of carbonyl (C=O) groups excluding carboxylic acids is 3. The monoisotopic (exact) mass is 484 g/mol. The van der Waals surface area contributed by atoms with E-state index in [4.69, 9.17) is 27.9 Å². The number of rotatable bonds is 7. The lowest BCUT2D eigenvalue weighted by Crippen LogP contribution is -2.32. The van der Waals surface area contributed by atoms with E-state index in [1.54, 1.807) is 66.7 Å². The maximum Gasteiger partial charge on any atom is 0.329 e. The van der Waals surface area contributed by atoms with Gasteiger partial charge in [0.05, 0.1) is 16.9 Å². The predicted octanol–water partition coefficient (Wildman–Crippen LogP) is 4.10. The molecule has 0 aromatic heterocycles. The molecule has 0 saturated carbocycles. The van der Waals surface area contributed by atoms with Crippen LogP contribution in [0, 0.1) is 0 Å². The van der Waals surface area contributed by atoms with Crippen molar-refractivity contribution in [1.29, 1.82) is 0 Å². The third-order valence-corrected chi connectivity index (χ3v) is 4.65. The van der Waals surface area contributed by atoms with E-state index in [1.807, 2.05) is 0 Å². The molecule has 3 amide bonds. The third kappa shape index (κ3) is 7.34. The first-order valence-electron chi connectivity index (χ1n) is 9.58. The number of anilines is 2. The van der Waals surface area contributed by atoms with Gasteiger partial charge in [-0.1, -0.05) is 53.5 Å². The van der Waals surface area contributed by atoms with Crippen molar-refractivity contribution in [3.05, 3.63) is 88.4 Å². The minimum atomic E-state index is -0.969. The zero-order valence-electron chi connectivity index (χ0n) is 17.0. The molecule has 0 heterocycles. The molecule has 0 unspecified atom stereocenters. The molecule has 0 bridgehead atoms. The Morgan fingerprint density at radius 3 is 2.42 bits per heavy atom. The minimum Gasteiger partial charge on any atom is -0.483 e. The van der Waals surface area contributed by atoms with E-state index in [2.05, 4.69) is 21.2 Å². The van der Waals surface area contributed by atoms with Crippen LogP contribution in [-0.4, -0.2) is 30.5 Å². The molecule has 0 saturated heterocycles. The average Bonchev–Trinajstić information content (AvgIpc) is 2.80. The summed E-state index contributed by atoms with van der Waals surface area (Å²) in [6, 6.07) is 20.0. The highest BCUT2D eigenvalue weighted by Gasteiger charge is 2.13. The molecule has 3 N–H and O–H groups in total. The Balaban J connectivity index is 1.54. The lowest BCUT2D eigenvalue weighted by Gasteiger charge is -2.10. The molecule has 0 spiro atoms. The van der Waals surface area contributed by atoms with E-state index in [9.17, 15) is 14.4 Å². The Morgan fingerprint density at radius 2 is 1.64 bits per heavy atom. The summed E-state index contributed by atoms with van der Waals surface area (Å²) >= 11 is 11.9. The van der Waals surface area contributed by atoms with Crippen molar-refractivity contribution in [3.8, 4) is 5.75 Å². The second kappa shape index (κ2) is 11.7. The number of ether oxygens (including phenoxy) is 1. The van der Waals surface area contributed by atoms with Crippen LogP contribution < -0.4 is 20.8 Å². The van der Waals surface area contributed by atoms with Crippen LogP contribution in [0.2, 0.25) is 10.0 Å². The van der Waals surface area contributed by atoms with Crippen LogP contribution in [0.3, 0.4) is 0 Å². The van der Waals surface area contributed by atoms with E-state index in [0.717, 1.165) is 0 Å². The third-order valence-electron chi connectivity index (χ3n) is 4.08. The molecule has 0 atom stereocenters. The summed E-state index contributed by atoms with van der Waals surface area (Å²) in [7, 11) is 0. The molecule has 0 aliphatic heterocycles. The first-order chi connectivity index (χ1) is 15.9. The molecule has 0 aliphatic rings. The molecular weight excluding hydrogens is 467 g/mol. The number of hydrogen-bond donors (Lipinski definition) is 3. The maximum atomic E-state index is 12.2. The lowest BCUT2D eigenvalue weighted by atomic mass is 10.2. The van der Waals surface area contributed by atoms with Crippen LogP contribution in [0.1, 0.15) is 5.56 Å². The number of nitrogens with zero attached hydrogens (tertiary/aromatic N) is 1. The van der Waals surface area contributed by atoms with Gasteiger partial charge in [-0.05, 0) is 42.5 Å². The van der Waals surface area contributed by atoms with Gasteiger partial charge in [0.25, 0.3) is 5.91 Å². The second-order valence-corrected chi connectivity index (χ2v) is 7.36. The van der Waals surface area contributed by atoms with Crippen molar-refractivity contribution >= 4 is 58.5 Å². The predicted molar refractivity (Wildman–Crippen MR) is 128 cm³/mol. The lowest BCUT2D eigenvalue weighted by molar-refractivity contribution is -0.136. The molecular formula is C23H18Cl2N4O4. The number of para-hydroxylation sites is 2. The molecule has 168 valence electrons. The number of amides is 3. The highest BCUT2D eigenvalue weighted by atomic mass is 35.5. The SMILES string of the molecule is O=C(COc1ccccc1/C=N\NC(=O)C(=O)Nc1cccc(Cl)c1)Nc1ccccc1Cl. The summed E-state index contributed by atoms with van der Waals surface area (Å²) in [4.78, 5) is 36.1. The summed E-state index contributed by atoms with van der Waals surface area (Å²) in [5, 5.41) is 9.68. The minimum absolute atomic E-state index is 0.273. The van der Waals surface area contributed by atoms with E-state index in [-0.39, 0.29) is 6.61 Å². The Labute approximate surface area is 199 Å². The Kier molecular flexibility index (Phi) is 8.40. The van der Waals surface area contributed by atoms with Crippen LogP contribution in [0.15, 0.2) is 77.9 Å². The molecule has 3 rings (SSSR count). The first kappa shape index (κ1) is 23.8. The van der Waals surface area contributed by atoms with E-state index < -0.39 is 17.7 Å². The highest BCUT2D eigenvalue weighted by molar-refractivity contribution is 6.39. The number of halogens is 2. The van der Waals surface area contributed by atoms with Gasteiger partial charge >= 0.3 is 11.8 Å². The van der Waals surface area contributed by atoms with Crippen LogP contribution in [0.5, 0.6) is 5.75 Å². The van der Waals surface area contributed by atoms with Crippen molar-refractivity contribution in [3.63, 3.8) is 0 Å². The summed E-state index contributed by atoms with van der Waals surface area (Å²) < 4.78 is 5.56. The summed E-state index contributed by atoms with van der Waals surface area (Å²) in [6.07, 6.45) is 1.30. The maximum absolute atomic E-state index is 12.2. The normalized spacial score (nSPS) is 10.5. The average molecular weight is 485 g/mol. The van der Waals surface area contributed by atoms with Crippen molar-refractivity contribution in [2.24, 2.45) is 5.10 Å². The number of nitrogens with one attached hydrogen (secondary N) is 3. The smallest absolute Gasteiger partial charge is 0.329 e. The first-order valence-corrected chi connectivity index (χ1v) is 10.3. The van der Waals surface area contributed by atoms with Gasteiger partial charge in [0.15, 0.2) is 6.61 Å². The molecule has 3 aromatic rings. The molecule has 10 heteroatoms. The zero-order chi connectivity index (χ0) is 23.6. The number of carbonyl (C=O) groups is 3. The Hall–Kier alpha value is -3.88. The van der Waals surface area contributed by atoms with Crippen molar-refractivity contribution in [2.75, 3.05) is 17.2 Å². The van der Waals surface area contributed by atoms with Crippen molar-refractivity contribution in [2.45, 2.75) is 0 Å². The highest BCUT2D eigenvalue weighted by Crippen LogP contribution is 2.21. The molecule has 3 aromatic carbocycles. The second-order valence-electron chi connectivity index (χ2n) is 6.52. The van der Waals surface area contributed by atoms with Gasteiger partial charge in [-0.2, -0.15) is 5.10 Å². The topological polar surface area (TPSA) is 109 Å². The number of hydrogen-bond acceptors (Lipinski definition) is 5. The Morgan fingerprint density at radius 1 is 0.879 bits per heavy atom. The van der Waals surface area contributed by atoms with Crippen LogP contribution in [-0.2, 0) is 14.4 Å². The molecule has 0 fully saturated rings. The van der Waals surface area contributed by atoms with Crippen LogP contribution in [0.4, 0.5) is 11.4 Å². The fraction of sp³-hybridized carbons (Fsp3) is 0.0435. The summed E-state index contributed by atoms with van der Waals surface area (Å²) in [5.74, 6) is -1.92. The Bertz CT molecular complexity index is 1200. The molecule has 8 nitrogen and oxygen atoms in total. The van der Waals surface area contributed by atoms with Gasteiger partial charge in [0.1, 0.15) is 5.75 Å². The largest absolute Gasteiger partial charge is 0.483 e. The molecule has 0 radical (unpaired) electrons. The van der Waals surface area contributed by atoms with Gasteiger partial charge in [-0.25, -0.2) is 5.43 Å². The van der Waals surface area contributed by atoms with Crippen LogP contribution >= 0.6 is 23.2 Å². The van der Waals surface area contributed by atoms with Crippen LogP contribution in [0.25, 0.3) is 0 Å². The van der Waals surface area contributed by atoms with E-state index in [0.29, 0.717) is 32.7 Å². The standard InChI is InChI=1S/C23H18Cl2N4O4/c24-16-7-5-8-17(12-16)27-22(31)23(32)29-26-13-15-6-1-4-11-20(15)33-14-21(30)28-19-10-3-2-9-18(19)25/h1-13H,14H2,(H,27,31)(H,28,30)(H,29,32)/b26-13-. The zero-order valence-corrected chi connectivity index (χ0v) is 18.6. The van der Waals surface area contributed by atoms with Gasteiger partial charge in [-0.15, -0.1) is 0 Å².